The number of benzene rings is 1. The number of carbonyl (C=O) groups is 1. The lowest BCUT2D eigenvalue weighted by Gasteiger charge is -2.36. The standard InChI is InChI=1S/C18H21ClN4O.2ClH/c1-22(2)17-11-14(6-7-21-17)18(24)23-9-8-20-12-16(23)13-4-3-5-15(19)10-13;;/h3-7,10-11,16,20H,8-9,12H2,1-2H3;2*1H. The number of rotatable bonds is 3. The summed E-state index contributed by atoms with van der Waals surface area (Å²) in [4.78, 5) is 21.1. The lowest BCUT2D eigenvalue weighted by atomic mass is 10.0. The lowest BCUT2D eigenvalue weighted by molar-refractivity contribution is 0.0634. The second kappa shape index (κ2) is 9.97. The molecule has 2 aromatic rings. The normalized spacial score (nSPS) is 16.3. The number of hydrogen-bond acceptors (Lipinski definition) is 4. The molecule has 3 rings (SSSR count). The highest BCUT2D eigenvalue weighted by atomic mass is 35.5. The summed E-state index contributed by atoms with van der Waals surface area (Å²) in [5.74, 6) is 0.794. The van der Waals surface area contributed by atoms with E-state index in [-0.39, 0.29) is 36.8 Å². The van der Waals surface area contributed by atoms with Crippen molar-refractivity contribution in [2.45, 2.75) is 6.04 Å². The van der Waals surface area contributed by atoms with Gasteiger partial charge in [0.1, 0.15) is 5.82 Å². The van der Waals surface area contributed by atoms with Crippen molar-refractivity contribution in [3.05, 3.63) is 58.7 Å². The van der Waals surface area contributed by atoms with E-state index in [1.165, 1.54) is 0 Å². The van der Waals surface area contributed by atoms with E-state index < -0.39 is 0 Å². The molecule has 5 nitrogen and oxygen atoms in total. The first-order valence-electron chi connectivity index (χ1n) is 7.97. The summed E-state index contributed by atoms with van der Waals surface area (Å²) in [5, 5.41) is 4.05. The van der Waals surface area contributed by atoms with Gasteiger partial charge in [0.15, 0.2) is 0 Å². The number of aromatic nitrogens is 1. The molecule has 2 heterocycles. The average molecular weight is 418 g/mol. The Hall–Kier alpha value is -1.53. The van der Waals surface area contributed by atoms with Crippen molar-refractivity contribution in [1.82, 2.24) is 15.2 Å². The number of hydrogen-bond donors (Lipinski definition) is 1. The van der Waals surface area contributed by atoms with E-state index in [0.29, 0.717) is 17.1 Å². The Morgan fingerprint density at radius 2 is 2.04 bits per heavy atom. The summed E-state index contributed by atoms with van der Waals surface area (Å²) in [6.45, 7) is 2.17. The molecule has 0 radical (unpaired) electrons. The van der Waals surface area contributed by atoms with Crippen molar-refractivity contribution >= 4 is 48.1 Å². The van der Waals surface area contributed by atoms with Gasteiger partial charge in [-0.2, -0.15) is 0 Å². The predicted octanol–water partition coefficient (Wildman–Crippen LogP) is 3.43. The first-order chi connectivity index (χ1) is 11.6. The summed E-state index contributed by atoms with van der Waals surface area (Å²) >= 11 is 6.13. The van der Waals surface area contributed by atoms with Crippen LogP contribution in [-0.4, -0.2) is 49.5 Å². The molecule has 8 heteroatoms. The molecular weight excluding hydrogens is 395 g/mol. The molecule has 0 aliphatic carbocycles. The first kappa shape index (κ1) is 22.5. The fourth-order valence-electron chi connectivity index (χ4n) is 2.92. The highest BCUT2D eigenvalue weighted by molar-refractivity contribution is 6.30. The Labute approximate surface area is 171 Å². The predicted molar refractivity (Wildman–Crippen MR) is 111 cm³/mol. The van der Waals surface area contributed by atoms with E-state index in [0.717, 1.165) is 24.5 Å². The molecule has 1 amide bonds. The molecule has 1 fully saturated rings. The summed E-state index contributed by atoms with van der Waals surface area (Å²) in [6.07, 6.45) is 1.68. The van der Waals surface area contributed by atoms with Gasteiger partial charge in [-0.3, -0.25) is 4.79 Å². The minimum Gasteiger partial charge on any atom is -0.363 e. The smallest absolute Gasteiger partial charge is 0.254 e. The van der Waals surface area contributed by atoms with Crippen LogP contribution in [0, 0.1) is 0 Å². The minimum atomic E-state index is -0.0269. The van der Waals surface area contributed by atoms with Crippen LogP contribution in [0.1, 0.15) is 22.0 Å². The zero-order valence-corrected chi connectivity index (χ0v) is 17.1. The van der Waals surface area contributed by atoms with Crippen molar-refractivity contribution in [2.75, 3.05) is 38.6 Å². The molecule has 0 bridgehead atoms. The van der Waals surface area contributed by atoms with Gasteiger partial charge in [-0.05, 0) is 29.8 Å². The highest BCUT2D eigenvalue weighted by Gasteiger charge is 2.29. The number of anilines is 1. The second-order valence-corrected chi connectivity index (χ2v) is 6.51. The summed E-state index contributed by atoms with van der Waals surface area (Å²) < 4.78 is 0. The Balaban J connectivity index is 0.00000169. The number of nitrogens with zero attached hydrogens (tertiary/aromatic N) is 3. The Bertz CT molecular complexity index is 742. The van der Waals surface area contributed by atoms with E-state index in [1.807, 2.05) is 54.2 Å². The van der Waals surface area contributed by atoms with Gasteiger partial charge in [0.2, 0.25) is 0 Å². The molecule has 142 valence electrons. The van der Waals surface area contributed by atoms with Gasteiger partial charge in [0.05, 0.1) is 6.04 Å². The van der Waals surface area contributed by atoms with Gasteiger partial charge in [-0.15, -0.1) is 24.8 Å². The van der Waals surface area contributed by atoms with Crippen LogP contribution >= 0.6 is 36.4 Å². The van der Waals surface area contributed by atoms with Crippen LogP contribution in [0.3, 0.4) is 0 Å². The van der Waals surface area contributed by atoms with Crippen LogP contribution < -0.4 is 10.2 Å². The topological polar surface area (TPSA) is 48.5 Å². The van der Waals surface area contributed by atoms with Crippen LogP contribution in [0.5, 0.6) is 0 Å². The van der Waals surface area contributed by atoms with Gasteiger partial charge in [-0.1, -0.05) is 23.7 Å². The van der Waals surface area contributed by atoms with Gasteiger partial charge >= 0.3 is 0 Å². The first-order valence-corrected chi connectivity index (χ1v) is 8.34. The third-order valence-electron chi connectivity index (χ3n) is 4.19. The summed E-state index contributed by atoms with van der Waals surface area (Å²) in [7, 11) is 3.83. The number of amides is 1. The lowest BCUT2D eigenvalue weighted by Crippen LogP contribution is -2.48. The fraction of sp³-hybridized carbons (Fsp3) is 0.333. The van der Waals surface area contributed by atoms with Crippen molar-refractivity contribution in [3.63, 3.8) is 0 Å². The summed E-state index contributed by atoms with van der Waals surface area (Å²) in [6, 6.07) is 11.3. The number of pyridine rings is 1. The molecule has 0 spiro atoms. The monoisotopic (exact) mass is 416 g/mol. The quantitative estimate of drug-likeness (QED) is 0.831. The molecule has 1 aliphatic rings. The number of carbonyl (C=O) groups excluding carboxylic acids is 1. The molecule has 0 saturated carbocycles. The maximum Gasteiger partial charge on any atom is 0.254 e. The third kappa shape index (κ3) is 5.01. The number of halogens is 3. The van der Waals surface area contributed by atoms with Crippen LogP contribution in [0.25, 0.3) is 0 Å². The van der Waals surface area contributed by atoms with Gasteiger partial charge in [0, 0.05) is 50.5 Å². The minimum absolute atomic E-state index is 0. The van der Waals surface area contributed by atoms with Crippen molar-refractivity contribution in [1.29, 1.82) is 0 Å². The van der Waals surface area contributed by atoms with E-state index in [9.17, 15) is 4.79 Å². The average Bonchev–Trinajstić information content (AvgIpc) is 2.61. The third-order valence-corrected chi connectivity index (χ3v) is 4.42. The Kier molecular flexibility index (Phi) is 8.63. The highest BCUT2D eigenvalue weighted by Crippen LogP contribution is 2.26. The van der Waals surface area contributed by atoms with Crippen molar-refractivity contribution < 1.29 is 4.79 Å². The second-order valence-electron chi connectivity index (χ2n) is 6.07. The molecule has 1 unspecified atom stereocenters. The molecular formula is C18H23Cl3N4O. The molecule has 1 N–H and O–H groups in total. The van der Waals surface area contributed by atoms with E-state index in [1.54, 1.807) is 12.3 Å². The number of piperazine rings is 1. The van der Waals surface area contributed by atoms with Crippen LogP contribution in [0.2, 0.25) is 5.02 Å². The molecule has 1 aliphatic heterocycles. The molecule has 1 atom stereocenters. The Morgan fingerprint density at radius 1 is 1.27 bits per heavy atom. The van der Waals surface area contributed by atoms with Gasteiger partial charge in [-0.25, -0.2) is 4.98 Å². The van der Waals surface area contributed by atoms with Crippen molar-refractivity contribution in [3.8, 4) is 0 Å². The van der Waals surface area contributed by atoms with E-state index in [2.05, 4.69) is 10.3 Å². The van der Waals surface area contributed by atoms with Crippen LogP contribution in [0.4, 0.5) is 5.82 Å². The molecule has 26 heavy (non-hydrogen) atoms. The maximum atomic E-state index is 13.1. The molecule has 1 saturated heterocycles. The Morgan fingerprint density at radius 3 is 2.73 bits per heavy atom. The zero-order chi connectivity index (χ0) is 17.1. The fourth-order valence-corrected chi connectivity index (χ4v) is 3.12. The SMILES string of the molecule is CN(C)c1cc(C(=O)N2CCNCC2c2cccc(Cl)c2)ccn1.Cl.Cl. The van der Waals surface area contributed by atoms with E-state index in [4.69, 9.17) is 11.6 Å². The summed E-state index contributed by atoms with van der Waals surface area (Å²) in [5.41, 5.74) is 1.70. The van der Waals surface area contributed by atoms with Gasteiger partial charge in [0.25, 0.3) is 5.91 Å². The largest absolute Gasteiger partial charge is 0.363 e. The van der Waals surface area contributed by atoms with E-state index >= 15 is 0 Å². The van der Waals surface area contributed by atoms with Gasteiger partial charge < -0.3 is 15.1 Å². The van der Waals surface area contributed by atoms with Crippen molar-refractivity contribution in [2.24, 2.45) is 0 Å². The maximum absolute atomic E-state index is 13.1. The molecule has 1 aromatic heterocycles. The molecule has 1 aromatic carbocycles. The van der Waals surface area contributed by atoms with Crippen LogP contribution in [-0.2, 0) is 0 Å². The zero-order valence-electron chi connectivity index (χ0n) is 14.7. The number of nitrogens with one attached hydrogen (secondary N) is 1. The van der Waals surface area contributed by atoms with Crippen LogP contribution in [0.15, 0.2) is 42.6 Å².